The lowest BCUT2D eigenvalue weighted by atomic mass is 9.99. The van der Waals surface area contributed by atoms with Gasteiger partial charge >= 0.3 is 0 Å². The Morgan fingerprint density at radius 2 is 1.79 bits per heavy atom. The summed E-state index contributed by atoms with van der Waals surface area (Å²) in [6.07, 6.45) is 0. The van der Waals surface area contributed by atoms with Gasteiger partial charge in [0.05, 0.1) is 16.2 Å². The summed E-state index contributed by atoms with van der Waals surface area (Å²) < 4.78 is 0. The molecule has 0 spiro atoms. The van der Waals surface area contributed by atoms with E-state index in [1.165, 1.54) is 36.0 Å². The molecule has 10 heteroatoms. The Hall–Kier alpha value is -3.92. The summed E-state index contributed by atoms with van der Waals surface area (Å²) in [5.41, 5.74) is 4.18. The van der Waals surface area contributed by atoms with Gasteiger partial charge in [0.25, 0.3) is 17.5 Å². The van der Waals surface area contributed by atoms with Gasteiger partial charge in [-0.3, -0.25) is 29.4 Å². The van der Waals surface area contributed by atoms with E-state index >= 15 is 0 Å². The minimum Gasteiger partial charge on any atom is -0.300 e. The molecule has 0 radical (unpaired) electrons. The van der Waals surface area contributed by atoms with Crippen LogP contribution >= 0.6 is 11.3 Å². The first-order valence-electron chi connectivity index (χ1n) is 10.1. The lowest BCUT2D eigenvalue weighted by Gasteiger charge is -2.20. The van der Waals surface area contributed by atoms with Crippen molar-refractivity contribution in [3.05, 3.63) is 73.6 Å². The van der Waals surface area contributed by atoms with Crippen molar-refractivity contribution in [1.82, 2.24) is 9.88 Å². The second kappa shape index (κ2) is 8.21. The van der Waals surface area contributed by atoms with E-state index in [9.17, 15) is 24.5 Å². The molecule has 1 aromatic heterocycles. The van der Waals surface area contributed by atoms with E-state index in [2.05, 4.69) is 16.4 Å². The number of nitro benzene ring substituents is 1. The topological polar surface area (TPSA) is 123 Å². The number of thiazole rings is 1. The summed E-state index contributed by atoms with van der Waals surface area (Å²) in [4.78, 5) is 54.2. The lowest BCUT2D eigenvalue weighted by Crippen LogP contribution is -2.45. The maximum absolute atomic E-state index is 12.8. The summed E-state index contributed by atoms with van der Waals surface area (Å²) in [6, 6.07) is 6.76. The molecule has 2 heterocycles. The number of benzene rings is 2. The third kappa shape index (κ3) is 3.78. The maximum atomic E-state index is 12.8. The number of anilines is 1. The Bertz CT molecular complexity index is 1350. The predicted octanol–water partition coefficient (Wildman–Crippen LogP) is 4.27. The highest BCUT2D eigenvalue weighted by molar-refractivity contribution is 7.14. The molecule has 1 aliphatic rings. The number of imide groups is 1. The zero-order valence-electron chi connectivity index (χ0n) is 18.3. The minimum absolute atomic E-state index is 0.0874. The second-order valence-electron chi connectivity index (χ2n) is 7.89. The number of carbonyl (C=O) groups is 3. The van der Waals surface area contributed by atoms with Crippen LogP contribution < -0.4 is 5.32 Å². The number of aromatic nitrogens is 1. The van der Waals surface area contributed by atoms with E-state index in [1.807, 2.05) is 32.2 Å². The smallest absolute Gasteiger partial charge is 0.282 e. The highest BCUT2D eigenvalue weighted by Crippen LogP contribution is 2.33. The van der Waals surface area contributed by atoms with E-state index in [-0.39, 0.29) is 11.1 Å². The molecule has 0 fully saturated rings. The average molecular weight is 465 g/mol. The van der Waals surface area contributed by atoms with Crippen molar-refractivity contribution in [1.29, 1.82) is 0 Å². The summed E-state index contributed by atoms with van der Waals surface area (Å²) >= 11 is 1.23. The molecular weight excluding hydrogens is 444 g/mol. The van der Waals surface area contributed by atoms with Crippen LogP contribution in [0.2, 0.25) is 0 Å². The van der Waals surface area contributed by atoms with Crippen molar-refractivity contribution in [2.75, 3.05) is 5.32 Å². The van der Waals surface area contributed by atoms with Gasteiger partial charge in [-0.1, -0.05) is 12.1 Å². The van der Waals surface area contributed by atoms with Crippen molar-refractivity contribution < 1.29 is 19.3 Å². The number of nitrogens with one attached hydrogen (secondary N) is 1. The van der Waals surface area contributed by atoms with Crippen molar-refractivity contribution in [2.24, 2.45) is 0 Å². The molecule has 0 bridgehead atoms. The summed E-state index contributed by atoms with van der Waals surface area (Å²) in [5.74, 6) is -2.23. The fraction of sp³-hybridized carbons (Fsp3) is 0.217. The molecule has 0 saturated carbocycles. The number of fused-ring (bicyclic) bond motifs is 1. The van der Waals surface area contributed by atoms with Crippen molar-refractivity contribution in [3.8, 4) is 11.3 Å². The number of nitrogens with zero attached hydrogens (tertiary/aromatic N) is 3. The fourth-order valence-corrected chi connectivity index (χ4v) is 4.52. The van der Waals surface area contributed by atoms with Gasteiger partial charge in [-0.05, 0) is 56.5 Å². The molecule has 9 nitrogen and oxygen atoms in total. The largest absolute Gasteiger partial charge is 0.300 e. The highest BCUT2D eigenvalue weighted by atomic mass is 32.1. The normalized spacial score (nSPS) is 13.8. The zero-order chi connectivity index (χ0) is 24.0. The summed E-state index contributed by atoms with van der Waals surface area (Å²) in [5, 5.41) is 16.1. The Balaban J connectivity index is 1.55. The molecule has 33 heavy (non-hydrogen) atoms. The molecule has 0 unspecified atom stereocenters. The van der Waals surface area contributed by atoms with Gasteiger partial charge in [0, 0.05) is 17.0 Å². The number of aryl methyl sites for hydroxylation is 3. The molecular formula is C23H20N4O5S. The molecule has 1 N–H and O–H groups in total. The van der Waals surface area contributed by atoms with E-state index in [1.54, 1.807) is 0 Å². The van der Waals surface area contributed by atoms with Crippen molar-refractivity contribution in [2.45, 2.75) is 33.7 Å². The van der Waals surface area contributed by atoms with Crippen LogP contribution in [-0.4, -0.2) is 38.6 Å². The zero-order valence-corrected chi connectivity index (χ0v) is 19.1. The second-order valence-corrected chi connectivity index (χ2v) is 8.75. The Kier molecular flexibility index (Phi) is 5.54. The van der Waals surface area contributed by atoms with Crippen LogP contribution in [0, 0.1) is 30.9 Å². The van der Waals surface area contributed by atoms with E-state index in [4.69, 9.17) is 0 Å². The van der Waals surface area contributed by atoms with Gasteiger partial charge in [0.1, 0.15) is 11.6 Å². The average Bonchev–Trinajstić information content (AvgIpc) is 3.32. The van der Waals surface area contributed by atoms with Crippen LogP contribution in [0.5, 0.6) is 0 Å². The third-order valence-corrected chi connectivity index (χ3v) is 6.50. The molecule has 1 atom stereocenters. The molecule has 3 amide bonds. The molecule has 2 aromatic carbocycles. The molecule has 4 rings (SSSR count). The minimum atomic E-state index is -1.19. The monoisotopic (exact) mass is 464 g/mol. The van der Waals surface area contributed by atoms with Gasteiger partial charge in [0.15, 0.2) is 5.13 Å². The van der Waals surface area contributed by atoms with Gasteiger partial charge < -0.3 is 5.32 Å². The number of amides is 3. The number of hydrogen-bond donors (Lipinski definition) is 1. The SMILES string of the molecule is Cc1cc(C)c(-c2csc(NC(=O)[C@H](C)N3C(=O)c4cccc([N+](=O)[O-])c4C3=O)n2)cc1C. The maximum Gasteiger partial charge on any atom is 0.282 e. The van der Waals surface area contributed by atoms with Crippen LogP contribution in [0.15, 0.2) is 35.7 Å². The summed E-state index contributed by atoms with van der Waals surface area (Å²) in [6.45, 7) is 7.43. The van der Waals surface area contributed by atoms with Gasteiger partial charge in [-0.25, -0.2) is 4.98 Å². The number of nitro groups is 1. The van der Waals surface area contributed by atoms with E-state index in [0.717, 1.165) is 27.7 Å². The number of rotatable bonds is 5. The van der Waals surface area contributed by atoms with Crippen LogP contribution in [0.4, 0.5) is 10.8 Å². The first-order chi connectivity index (χ1) is 15.6. The summed E-state index contributed by atoms with van der Waals surface area (Å²) in [7, 11) is 0. The Morgan fingerprint density at radius 1 is 1.09 bits per heavy atom. The van der Waals surface area contributed by atoms with Crippen LogP contribution in [0.3, 0.4) is 0 Å². The van der Waals surface area contributed by atoms with E-state index < -0.39 is 34.4 Å². The number of hydrogen-bond acceptors (Lipinski definition) is 7. The molecule has 168 valence electrons. The van der Waals surface area contributed by atoms with Crippen LogP contribution in [0.25, 0.3) is 11.3 Å². The standard InChI is InChI=1S/C23H20N4O5S/c1-11-8-13(3)16(9-12(11)2)17-10-33-23(24-17)25-20(28)14(4)26-21(29)15-6-5-7-18(27(31)32)19(15)22(26)30/h5-10,14H,1-4H3,(H,24,25,28)/t14-/m0/s1. The third-order valence-electron chi connectivity index (χ3n) is 5.74. The van der Waals surface area contributed by atoms with Gasteiger partial charge in [-0.15, -0.1) is 11.3 Å². The Labute approximate surface area is 193 Å². The van der Waals surface area contributed by atoms with Crippen molar-refractivity contribution >= 4 is 39.9 Å². The predicted molar refractivity (Wildman–Crippen MR) is 123 cm³/mol. The quantitative estimate of drug-likeness (QED) is 0.342. The van der Waals surface area contributed by atoms with E-state index in [0.29, 0.717) is 10.8 Å². The molecule has 3 aromatic rings. The van der Waals surface area contributed by atoms with Crippen LogP contribution in [-0.2, 0) is 4.79 Å². The highest BCUT2D eigenvalue weighted by Gasteiger charge is 2.44. The molecule has 1 aliphatic heterocycles. The van der Waals surface area contributed by atoms with Crippen molar-refractivity contribution in [3.63, 3.8) is 0 Å². The molecule has 0 aliphatic carbocycles. The molecule has 0 saturated heterocycles. The first kappa shape index (κ1) is 22.3. The lowest BCUT2D eigenvalue weighted by molar-refractivity contribution is -0.385. The van der Waals surface area contributed by atoms with Gasteiger partial charge in [-0.2, -0.15) is 0 Å². The number of carbonyl (C=O) groups excluding carboxylic acids is 3. The first-order valence-corrected chi connectivity index (χ1v) is 11.0. The van der Waals surface area contributed by atoms with Crippen LogP contribution in [0.1, 0.15) is 44.3 Å². The Morgan fingerprint density at radius 3 is 2.48 bits per heavy atom. The fourth-order valence-electron chi connectivity index (χ4n) is 3.81. The van der Waals surface area contributed by atoms with Gasteiger partial charge in [0.2, 0.25) is 5.91 Å².